The second kappa shape index (κ2) is 8.94. The van der Waals surface area contributed by atoms with Crippen LogP contribution in [-0.2, 0) is 4.74 Å². The molecule has 0 spiro atoms. The van der Waals surface area contributed by atoms with Crippen LogP contribution in [0.4, 0.5) is 17.1 Å². The van der Waals surface area contributed by atoms with Crippen molar-refractivity contribution in [1.82, 2.24) is 0 Å². The molecule has 34 heavy (non-hydrogen) atoms. The predicted octanol–water partition coefficient (Wildman–Crippen LogP) is 3.82. The Labute approximate surface area is 192 Å². The van der Waals surface area contributed by atoms with E-state index in [0.717, 1.165) is 4.90 Å². The summed E-state index contributed by atoms with van der Waals surface area (Å²) < 4.78 is 4.97. The van der Waals surface area contributed by atoms with Gasteiger partial charge < -0.3 is 10.1 Å². The fourth-order valence-corrected chi connectivity index (χ4v) is 3.48. The van der Waals surface area contributed by atoms with Gasteiger partial charge in [0.1, 0.15) is 0 Å². The van der Waals surface area contributed by atoms with E-state index in [2.05, 4.69) is 5.32 Å². The molecule has 1 N–H and O–H groups in total. The average molecular weight is 459 g/mol. The molecule has 0 radical (unpaired) electrons. The minimum absolute atomic E-state index is 0.0908. The standard InChI is InChI=1S/C24H17N3O7/c1-2-34-24(31)15-4-3-5-18(12-15)26-22(29)19-11-8-16(13-20(19)23(26)30)25-21(28)14-6-9-17(10-7-14)27(32)33/h3-13H,2H2,1H3,(H,25,28). The quantitative estimate of drug-likeness (QED) is 0.256. The second-order valence-electron chi connectivity index (χ2n) is 7.23. The Morgan fingerprint density at radius 1 is 0.941 bits per heavy atom. The lowest BCUT2D eigenvalue weighted by Crippen LogP contribution is -2.29. The van der Waals surface area contributed by atoms with Gasteiger partial charge in [-0.2, -0.15) is 0 Å². The fraction of sp³-hybridized carbons (Fsp3) is 0.0833. The number of nitrogens with zero attached hydrogens (tertiary/aromatic N) is 2. The molecule has 0 atom stereocenters. The molecule has 1 heterocycles. The first-order chi connectivity index (χ1) is 16.3. The highest BCUT2D eigenvalue weighted by Crippen LogP contribution is 2.31. The highest BCUT2D eigenvalue weighted by molar-refractivity contribution is 6.34. The fourth-order valence-electron chi connectivity index (χ4n) is 3.48. The van der Waals surface area contributed by atoms with E-state index >= 15 is 0 Å². The number of imide groups is 1. The van der Waals surface area contributed by atoms with Crippen molar-refractivity contribution in [2.75, 3.05) is 16.8 Å². The Hall–Kier alpha value is -4.86. The van der Waals surface area contributed by atoms with Gasteiger partial charge in [0.25, 0.3) is 23.4 Å². The first kappa shape index (κ1) is 22.3. The summed E-state index contributed by atoms with van der Waals surface area (Å²) in [5.74, 6) is -2.27. The van der Waals surface area contributed by atoms with Crippen LogP contribution in [0.25, 0.3) is 0 Å². The van der Waals surface area contributed by atoms with Gasteiger partial charge in [-0.3, -0.25) is 24.5 Å². The first-order valence-corrected chi connectivity index (χ1v) is 10.2. The molecule has 3 aromatic carbocycles. The highest BCUT2D eigenvalue weighted by atomic mass is 16.6. The molecule has 3 amide bonds. The monoisotopic (exact) mass is 459 g/mol. The molecule has 170 valence electrons. The van der Waals surface area contributed by atoms with Gasteiger partial charge in [0, 0.05) is 23.4 Å². The van der Waals surface area contributed by atoms with Crippen LogP contribution in [0.2, 0.25) is 0 Å². The Kier molecular flexibility index (Phi) is 5.88. The summed E-state index contributed by atoms with van der Waals surface area (Å²) in [6, 6.07) is 15.3. The molecule has 0 saturated heterocycles. The molecule has 0 aromatic heterocycles. The van der Waals surface area contributed by atoms with Gasteiger partial charge in [0.2, 0.25) is 0 Å². The number of carbonyl (C=O) groups is 4. The van der Waals surface area contributed by atoms with Crippen LogP contribution in [0, 0.1) is 10.1 Å². The Bertz CT molecular complexity index is 1350. The second-order valence-corrected chi connectivity index (χ2v) is 7.23. The number of nitro benzene ring substituents is 1. The van der Waals surface area contributed by atoms with Crippen molar-refractivity contribution in [2.24, 2.45) is 0 Å². The zero-order valence-corrected chi connectivity index (χ0v) is 17.8. The lowest BCUT2D eigenvalue weighted by Gasteiger charge is -2.14. The minimum Gasteiger partial charge on any atom is -0.462 e. The zero-order chi connectivity index (χ0) is 24.4. The first-order valence-electron chi connectivity index (χ1n) is 10.2. The number of anilines is 2. The van der Waals surface area contributed by atoms with E-state index in [-0.39, 0.29) is 45.9 Å². The smallest absolute Gasteiger partial charge is 0.338 e. The number of hydrogen-bond acceptors (Lipinski definition) is 7. The molecule has 1 aliphatic heterocycles. The molecule has 10 heteroatoms. The summed E-state index contributed by atoms with van der Waals surface area (Å²) >= 11 is 0. The van der Waals surface area contributed by atoms with E-state index in [1.165, 1.54) is 60.7 Å². The van der Waals surface area contributed by atoms with E-state index in [1.807, 2.05) is 0 Å². The average Bonchev–Trinajstić information content (AvgIpc) is 3.08. The van der Waals surface area contributed by atoms with Gasteiger partial charge in [0.05, 0.1) is 33.9 Å². The van der Waals surface area contributed by atoms with Crippen LogP contribution < -0.4 is 10.2 Å². The van der Waals surface area contributed by atoms with Gasteiger partial charge in [0.15, 0.2) is 0 Å². The van der Waals surface area contributed by atoms with Crippen molar-refractivity contribution in [2.45, 2.75) is 6.92 Å². The molecular formula is C24H17N3O7. The lowest BCUT2D eigenvalue weighted by molar-refractivity contribution is -0.384. The van der Waals surface area contributed by atoms with Crippen molar-refractivity contribution >= 4 is 40.8 Å². The van der Waals surface area contributed by atoms with Crippen molar-refractivity contribution < 1.29 is 28.8 Å². The number of non-ortho nitro benzene ring substituents is 1. The maximum atomic E-state index is 13.0. The van der Waals surface area contributed by atoms with Crippen molar-refractivity contribution in [3.8, 4) is 0 Å². The molecular weight excluding hydrogens is 442 g/mol. The third-order valence-electron chi connectivity index (χ3n) is 5.10. The summed E-state index contributed by atoms with van der Waals surface area (Å²) in [4.78, 5) is 61.6. The van der Waals surface area contributed by atoms with Crippen molar-refractivity contribution in [1.29, 1.82) is 0 Å². The van der Waals surface area contributed by atoms with Crippen LogP contribution in [0.15, 0.2) is 66.7 Å². The molecule has 4 rings (SSSR count). The largest absolute Gasteiger partial charge is 0.462 e. The van der Waals surface area contributed by atoms with Crippen molar-refractivity contribution in [3.05, 3.63) is 99.1 Å². The number of fused-ring (bicyclic) bond motifs is 1. The predicted molar refractivity (Wildman–Crippen MR) is 121 cm³/mol. The number of benzene rings is 3. The van der Waals surface area contributed by atoms with Crippen LogP contribution in [0.3, 0.4) is 0 Å². The topological polar surface area (TPSA) is 136 Å². The summed E-state index contributed by atoms with van der Waals surface area (Å²) in [5.41, 5.74) is 0.967. The Morgan fingerprint density at radius 2 is 1.65 bits per heavy atom. The number of ether oxygens (including phenoxy) is 1. The Morgan fingerprint density at radius 3 is 2.32 bits per heavy atom. The van der Waals surface area contributed by atoms with Gasteiger partial charge in [-0.25, -0.2) is 9.69 Å². The number of nitrogens with one attached hydrogen (secondary N) is 1. The maximum absolute atomic E-state index is 13.0. The number of nitro groups is 1. The molecule has 0 aliphatic carbocycles. The SMILES string of the molecule is CCOC(=O)c1cccc(N2C(=O)c3ccc(NC(=O)c4ccc([N+](=O)[O-])cc4)cc3C2=O)c1. The van der Waals surface area contributed by atoms with Gasteiger partial charge >= 0.3 is 5.97 Å². The molecule has 0 unspecified atom stereocenters. The van der Waals surface area contributed by atoms with Gasteiger partial charge in [-0.05, 0) is 55.5 Å². The van der Waals surface area contributed by atoms with Gasteiger partial charge in [-0.15, -0.1) is 0 Å². The maximum Gasteiger partial charge on any atom is 0.338 e. The van der Waals surface area contributed by atoms with E-state index < -0.39 is 28.6 Å². The van der Waals surface area contributed by atoms with Crippen LogP contribution in [0.1, 0.15) is 48.4 Å². The number of esters is 1. The molecule has 0 saturated carbocycles. The Balaban J connectivity index is 1.57. The molecule has 0 bridgehead atoms. The summed E-state index contributed by atoms with van der Waals surface area (Å²) in [7, 11) is 0. The lowest BCUT2D eigenvalue weighted by atomic mass is 10.1. The molecule has 10 nitrogen and oxygen atoms in total. The molecule has 0 fully saturated rings. The number of hydrogen-bond donors (Lipinski definition) is 1. The molecule has 1 aliphatic rings. The normalized spacial score (nSPS) is 12.3. The number of rotatable bonds is 6. The van der Waals surface area contributed by atoms with Crippen LogP contribution in [-0.4, -0.2) is 35.2 Å². The van der Waals surface area contributed by atoms with E-state index in [0.29, 0.717) is 0 Å². The third kappa shape index (κ3) is 4.11. The van der Waals surface area contributed by atoms with Gasteiger partial charge in [-0.1, -0.05) is 6.07 Å². The van der Waals surface area contributed by atoms with E-state index in [4.69, 9.17) is 4.74 Å². The third-order valence-corrected chi connectivity index (χ3v) is 5.10. The van der Waals surface area contributed by atoms with E-state index in [9.17, 15) is 29.3 Å². The number of carbonyl (C=O) groups excluding carboxylic acids is 4. The minimum atomic E-state index is -0.604. The summed E-state index contributed by atoms with van der Waals surface area (Å²) in [5, 5.41) is 13.4. The van der Waals surface area contributed by atoms with Crippen molar-refractivity contribution in [3.63, 3.8) is 0 Å². The summed E-state index contributed by atoms with van der Waals surface area (Å²) in [6.45, 7) is 1.86. The summed E-state index contributed by atoms with van der Waals surface area (Å²) in [6.07, 6.45) is 0. The molecule has 3 aromatic rings. The van der Waals surface area contributed by atoms with Crippen LogP contribution >= 0.6 is 0 Å². The number of amides is 3. The van der Waals surface area contributed by atoms with Crippen LogP contribution in [0.5, 0.6) is 0 Å². The zero-order valence-electron chi connectivity index (χ0n) is 17.8. The highest BCUT2D eigenvalue weighted by Gasteiger charge is 2.37. The van der Waals surface area contributed by atoms with E-state index in [1.54, 1.807) is 13.0 Å².